The largest absolute Gasteiger partial charge is 0.495 e. The normalized spacial score (nSPS) is 10.3. The molecule has 0 bridgehead atoms. The van der Waals surface area contributed by atoms with E-state index in [0.29, 0.717) is 22.8 Å². The van der Waals surface area contributed by atoms with E-state index in [1.54, 1.807) is 18.2 Å². The first kappa shape index (κ1) is 12.9. The van der Waals surface area contributed by atoms with Crippen LogP contribution in [-0.2, 0) is 0 Å². The average molecular weight is 260 g/mol. The Kier molecular flexibility index (Phi) is 3.41. The van der Waals surface area contributed by atoms with Crippen LogP contribution in [0.1, 0.15) is 21.6 Å². The Morgan fingerprint density at radius 2 is 2.16 bits per heavy atom. The topological polar surface area (TPSA) is 93.0 Å². The summed E-state index contributed by atoms with van der Waals surface area (Å²) in [6, 6.07) is 5.06. The van der Waals surface area contributed by atoms with E-state index in [4.69, 9.17) is 10.5 Å². The number of carbonyl (C=O) groups is 1. The highest BCUT2D eigenvalue weighted by Crippen LogP contribution is 2.25. The summed E-state index contributed by atoms with van der Waals surface area (Å²) in [4.78, 5) is 12.2. The van der Waals surface area contributed by atoms with Crippen molar-refractivity contribution in [1.82, 2.24) is 10.2 Å². The third-order valence-electron chi connectivity index (χ3n) is 3.02. The summed E-state index contributed by atoms with van der Waals surface area (Å²) in [5, 5.41) is 9.56. The molecule has 1 aromatic heterocycles. The number of para-hydroxylation sites is 1. The van der Waals surface area contributed by atoms with Gasteiger partial charge in [-0.2, -0.15) is 5.10 Å². The number of methoxy groups -OCH3 is 1. The monoisotopic (exact) mass is 260 g/mol. The van der Waals surface area contributed by atoms with E-state index < -0.39 is 0 Å². The first-order chi connectivity index (χ1) is 9.04. The molecule has 1 aromatic carbocycles. The molecule has 0 fully saturated rings. The molecule has 1 amide bonds. The predicted molar refractivity (Wildman–Crippen MR) is 73.4 cm³/mol. The number of ether oxygens (including phenoxy) is 1. The summed E-state index contributed by atoms with van der Waals surface area (Å²) in [5.74, 6) is 0.665. The molecule has 2 rings (SSSR count). The maximum absolute atomic E-state index is 12.2. The van der Waals surface area contributed by atoms with E-state index in [-0.39, 0.29) is 5.91 Å². The maximum Gasteiger partial charge on any atom is 0.259 e. The minimum atomic E-state index is -0.314. The predicted octanol–water partition coefficient (Wildman–Crippen LogP) is 1.87. The van der Waals surface area contributed by atoms with Crippen molar-refractivity contribution in [3.05, 3.63) is 35.0 Å². The molecule has 2 aromatic rings. The number of hydrogen-bond donors (Lipinski definition) is 3. The van der Waals surface area contributed by atoms with Gasteiger partial charge in [0, 0.05) is 11.3 Å². The number of benzene rings is 1. The molecule has 100 valence electrons. The van der Waals surface area contributed by atoms with Gasteiger partial charge in [-0.25, -0.2) is 0 Å². The molecular weight excluding hydrogens is 244 g/mol. The molecule has 0 unspecified atom stereocenters. The lowest BCUT2D eigenvalue weighted by atomic mass is 10.1. The number of anilines is 2. The van der Waals surface area contributed by atoms with Gasteiger partial charge in [0.25, 0.3) is 5.91 Å². The van der Waals surface area contributed by atoms with Gasteiger partial charge in [-0.1, -0.05) is 6.07 Å². The van der Waals surface area contributed by atoms with Crippen molar-refractivity contribution in [2.45, 2.75) is 13.8 Å². The lowest BCUT2D eigenvalue weighted by Gasteiger charge is -2.09. The lowest BCUT2D eigenvalue weighted by molar-refractivity contribution is 0.102. The number of nitrogens with one attached hydrogen (secondary N) is 2. The van der Waals surface area contributed by atoms with Gasteiger partial charge >= 0.3 is 0 Å². The summed E-state index contributed by atoms with van der Waals surface area (Å²) >= 11 is 0. The molecule has 19 heavy (non-hydrogen) atoms. The van der Waals surface area contributed by atoms with Crippen LogP contribution in [0.4, 0.5) is 11.5 Å². The highest BCUT2D eigenvalue weighted by Gasteiger charge is 2.15. The minimum absolute atomic E-state index is 0.312. The van der Waals surface area contributed by atoms with Crippen LogP contribution in [0.3, 0.4) is 0 Å². The number of nitrogens with zero attached hydrogens (tertiary/aromatic N) is 1. The summed E-state index contributed by atoms with van der Waals surface area (Å²) in [6.07, 6.45) is 0. The number of amides is 1. The average Bonchev–Trinajstić information content (AvgIpc) is 2.71. The van der Waals surface area contributed by atoms with Crippen LogP contribution in [-0.4, -0.2) is 23.2 Å². The SMILES string of the molecule is COc1cccc(C(=O)Nc2n[nH]c(C)c2C)c1N. The van der Waals surface area contributed by atoms with Crippen molar-refractivity contribution in [2.24, 2.45) is 0 Å². The van der Waals surface area contributed by atoms with Crippen molar-refractivity contribution in [2.75, 3.05) is 18.2 Å². The number of aromatic nitrogens is 2. The molecule has 1 heterocycles. The van der Waals surface area contributed by atoms with Crippen molar-refractivity contribution in [1.29, 1.82) is 0 Å². The fourth-order valence-electron chi connectivity index (χ4n) is 1.70. The highest BCUT2D eigenvalue weighted by molar-refractivity contribution is 6.08. The van der Waals surface area contributed by atoms with Crippen LogP contribution < -0.4 is 15.8 Å². The summed E-state index contributed by atoms with van der Waals surface area (Å²) in [6.45, 7) is 3.77. The first-order valence-corrected chi connectivity index (χ1v) is 5.80. The maximum atomic E-state index is 12.2. The van der Waals surface area contributed by atoms with Crippen molar-refractivity contribution < 1.29 is 9.53 Å². The van der Waals surface area contributed by atoms with Gasteiger partial charge < -0.3 is 15.8 Å². The number of nitrogen functional groups attached to an aromatic ring is 1. The second-order valence-corrected chi connectivity index (χ2v) is 4.20. The summed E-state index contributed by atoms with van der Waals surface area (Å²) < 4.78 is 5.09. The van der Waals surface area contributed by atoms with Gasteiger partial charge in [-0.3, -0.25) is 9.89 Å². The number of H-pyrrole nitrogens is 1. The number of aryl methyl sites for hydroxylation is 1. The van der Waals surface area contributed by atoms with Gasteiger partial charge in [0.2, 0.25) is 0 Å². The van der Waals surface area contributed by atoms with Gasteiger partial charge in [0.05, 0.1) is 18.4 Å². The zero-order valence-electron chi connectivity index (χ0n) is 11.1. The van der Waals surface area contributed by atoms with Crippen LogP contribution >= 0.6 is 0 Å². The molecular formula is C13H16N4O2. The van der Waals surface area contributed by atoms with Crippen molar-refractivity contribution in [3.8, 4) is 5.75 Å². The second kappa shape index (κ2) is 5.01. The van der Waals surface area contributed by atoms with Crippen LogP contribution in [0.25, 0.3) is 0 Å². The molecule has 6 nitrogen and oxygen atoms in total. The summed E-state index contributed by atoms with van der Waals surface area (Å²) in [5.41, 5.74) is 8.36. The first-order valence-electron chi connectivity index (χ1n) is 5.80. The molecule has 0 saturated carbocycles. The molecule has 4 N–H and O–H groups in total. The van der Waals surface area contributed by atoms with Gasteiger partial charge in [-0.15, -0.1) is 0 Å². The lowest BCUT2D eigenvalue weighted by Crippen LogP contribution is -2.15. The molecule has 0 saturated heterocycles. The van der Waals surface area contributed by atoms with Gasteiger partial charge in [-0.05, 0) is 26.0 Å². The highest BCUT2D eigenvalue weighted by atomic mass is 16.5. The minimum Gasteiger partial charge on any atom is -0.495 e. The number of rotatable bonds is 3. The zero-order chi connectivity index (χ0) is 14.0. The fraction of sp³-hybridized carbons (Fsp3) is 0.231. The summed E-state index contributed by atoms with van der Waals surface area (Å²) in [7, 11) is 1.51. The molecule has 6 heteroatoms. The zero-order valence-corrected chi connectivity index (χ0v) is 11.1. The second-order valence-electron chi connectivity index (χ2n) is 4.20. The molecule has 0 spiro atoms. The smallest absolute Gasteiger partial charge is 0.259 e. The quantitative estimate of drug-likeness (QED) is 0.734. The molecule has 0 radical (unpaired) electrons. The van der Waals surface area contributed by atoms with E-state index in [1.807, 2.05) is 13.8 Å². The van der Waals surface area contributed by atoms with Crippen molar-refractivity contribution in [3.63, 3.8) is 0 Å². The fourth-order valence-corrected chi connectivity index (χ4v) is 1.70. The molecule has 0 aliphatic carbocycles. The van der Waals surface area contributed by atoms with Crippen molar-refractivity contribution >= 4 is 17.4 Å². The van der Waals surface area contributed by atoms with E-state index in [9.17, 15) is 4.79 Å². The Bertz CT molecular complexity index is 619. The van der Waals surface area contributed by atoms with Crippen LogP contribution in [0.15, 0.2) is 18.2 Å². The number of hydrogen-bond acceptors (Lipinski definition) is 4. The molecule has 0 aliphatic rings. The Morgan fingerprint density at radius 3 is 2.74 bits per heavy atom. The van der Waals surface area contributed by atoms with Crippen LogP contribution in [0, 0.1) is 13.8 Å². The van der Waals surface area contributed by atoms with Gasteiger partial charge in [0.15, 0.2) is 5.82 Å². The van der Waals surface area contributed by atoms with Gasteiger partial charge in [0.1, 0.15) is 5.75 Å². The van der Waals surface area contributed by atoms with E-state index >= 15 is 0 Å². The Hall–Kier alpha value is -2.50. The molecule has 0 aliphatic heterocycles. The standard InChI is InChI=1S/C13H16N4O2/c1-7-8(2)16-17-12(7)15-13(18)9-5-4-6-10(19-3)11(9)14/h4-6H,14H2,1-3H3,(H2,15,16,17,18). The van der Waals surface area contributed by atoms with E-state index in [2.05, 4.69) is 15.5 Å². The third kappa shape index (κ3) is 2.37. The van der Waals surface area contributed by atoms with E-state index in [0.717, 1.165) is 11.3 Å². The Balaban J connectivity index is 2.28. The third-order valence-corrected chi connectivity index (χ3v) is 3.02. The Morgan fingerprint density at radius 1 is 1.42 bits per heavy atom. The number of aromatic amines is 1. The number of nitrogens with two attached hydrogens (primary N) is 1. The number of carbonyl (C=O) groups excluding carboxylic acids is 1. The van der Waals surface area contributed by atoms with Crippen LogP contribution in [0.2, 0.25) is 0 Å². The van der Waals surface area contributed by atoms with E-state index in [1.165, 1.54) is 7.11 Å². The van der Waals surface area contributed by atoms with Crippen LogP contribution in [0.5, 0.6) is 5.75 Å². The molecule has 0 atom stereocenters. The Labute approximate surface area is 111 Å².